The smallest absolute Gasteiger partial charge is 0.275 e. The van der Waals surface area contributed by atoms with Crippen molar-refractivity contribution in [3.8, 4) is 5.75 Å². The fourth-order valence-corrected chi connectivity index (χ4v) is 3.34. The molecule has 1 fully saturated rings. The van der Waals surface area contributed by atoms with E-state index in [-0.39, 0.29) is 5.91 Å². The van der Waals surface area contributed by atoms with Gasteiger partial charge >= 0.3 is 0 Å². The van der Waals surface area contributed by atoms with Crippen LogP contribution in [0.25, 0.3) is 0 Å². The van der Waals surface area contributed by atoms with Crippen LogP contribution in [0.4, 0.5) is 0 Å². The first-order chi connectivity index (χ1) is 14.0. The molecule has 1 aliphatic rings. The molecule has 0 radical (unpaired) electrons. The summed E-state index contributed by atoms with van der Waals surface area (Å²) < 4.78 is 11.1. The van der Waals surface area contributed by atoms with Gasteiger partial charge in [0.25, 0.3) is 5.91 Å². The average Bonchev–Trinajstić information content (AvgIpc) is 3.18. The summed E-state index contributed by atoms with van der Waals surface area (Å²) in [4.78, 5) is 23.5. The predicted octanol–water partition coefficient (Wildman–Crippen LogP) is 2.87. The number of hydrogen-bond donors (Lipinski definition) is 0. The number of aromatic nitrogens is 1. The maximum absolute atomic E-state index is 12.7. The first-order valence-corrected chi connectivity index (χ1v) is 10.3. The summed E-state index contributed by atoms with van der Waals surface area (Å²) in [6, 6.07) is 8.46. The van der Waals surface area contributed by atoms with Gasteiger partial charge in [-0.2, -0.15) is 0 Å². The summed E-state index contributed by atoms with van der Waals surface area (Å²) in [6.45, 7) is 11.5. The van der Waals surface area contributed by atoms with Gasteiger partial charge in [-0.1, -0.05) is 12.1 Å². The van der Waals surface area contributed by atoms with Gasteiger partial charge in [-0.15, -0.1) is 0 Å². The van der Waals surface area contributed by atoms with Crippen LogP contribution in [0.5, 0.6) is 5.75 Å². The van der Waals surface area contributed by atoms with Crippen LogP contribution >= 0.6 is 0 Å². The maximum atomic E-state index is 12.7. The van der Waals surface area contributed by atoms with E-state index in [0.29, 0.717) is 30.8 Å². The van der Waals surface area contributed by atoms with Crippen molar-refractivity contribution in [2.45, 2.75) is 39.9 Å². The summed E-state index contributed by atoms with van der Waals surface area (Å²) in [5, 5.41) is 0. The molecule has 1 aromatic heterocycles. The summed E-state index contributed by atoms with van der Waals surface area (Å²) in [6.07, 6.45) is 1.49. The Hall–Kier alpha value is -2.38. The minimum absolute atomic E-state index is 0.0456. The number of benzene rings is 1. The molecule has 2 aromatic rings. The first kappa shape index (κ1) is 21.3. The van der Waals surface area contributed by atoms with E-state index in [9.17, 15) is 4.79 Å². The van der Waals surface area contributed by atoms with Crippen LogP contribution in [-0.4, -0.2) is 71.5 Å². The van der Waals surface area contributed by atoms with E-state index >= 15 is 0 Å². The second-order valence-corrected chi connectivity index (χ2v) is 7.80. The third-order valence-corrected chi connectivity index (χ3v) is 5.25. The summed E-state index contributed by atoms with van der Waals surface area (Å²) >= 11 is 0. The number of oxazole rings is 1. The van der Waals surface area contributed by atoms with Crippen LogP contribution in [-0.2, 0) is 13.1 Å². The molecule has 1 aromatic carbocycles. The third kappa shape index (κ3) is 5.81. The summed E-state index contributed by atoms with van der Waals surface area (Å²) in [5.41, 5.74) is 1.59. The van der Waals surface area contributed by atoms with Gasteiger partial charge in [-0.05, 0) is 45.5 Å². The zero-order chi connectivity index (χ0) is 20.8. The van der Waals surface area contributed by atoms with Crippen LogP contribution in [0.3, 0.4) is 0 Å². The molecule has 3 rings (SSSR count). The van der Waals surface area contributed by atoms with Gasteiger partial charge in [0.2, 0.25) is 5.89 Å². The van der Waals surface area contributed by atoms with E-state index < -0.39 is 0 Å². The van der Waals surface area contributed by atoms with Gasteiger partial charge in [0.1, 0.15) is 12.0 Å². The number of amides is 1. The molecule has 0 bridgehead atoms. The molecule has 1 amide bonds. The number of piperazine rings is 1. The zero-order valence-corrected chi connectivity index (χ0v) is 17.9. The Morgan fingerprint density at radius 2 is 1.86 bits per heavy atom. The molecule has 1 saturated heterocycles. The standard InChI is InChI=1S/C22H32N4O3/c1-5-28-19-8-6-18(7-9-19)14-26(17(2)3)15-21-23-20(16-29-21)22(27)25-12-10-24(4)11-13-25/h6-9,16-17H,5,10-15H2,1-4H3. The Morgan fingerprint density at radius 3 is 2.48 bits per heavy atom. The fourth-order valence-electron chi connectivity index (χ4n) is 3.34. The number of nitrogens with zero attached hydrogens (tertiary/aromatic N) is 4. The second-order valence-electron chi connectivity index (χ2n) is 7.80. The Kier molecular flexibility index (Phi) is 7.28. The van der Waals surface area contributed by atoms with Gasteiger partial charge in [-0.3, -0.25) is 9.69 Å². The fraction of sp³-hybridized carbons (Fsp3) is 0.545. The first-order valence-electron chi connectivity index (χ1n) is 10.3. The summed E-state index contributed by atoms with van der Waals surface area (Å²) in [5.74, 6) is 1.41. The topological polar surface area (TPSA) is 62.1 Å². The van der Waals surface area contributed by atoms with Crippen molar-refractivity contribution in [2.75, 3.05) is 39.8 Å². The number of ether oxygens (including phenoxy) is 1. The maximum Gasteiger partial charge on any atom is 0.275 e. The number of carbonyl (C=O) groups is 1. The van der Waals surface area contributed by atoms with Gasteiger partial charge in [0.05, 0.1) is 13.2 Å². The molecule has 0 N–H and O–H groups in total. The van der Waals surface area contributed by atoms with E-state index in [1.807, 2.05) is 24.0 Å². The van der Waals surface area contributed by atoms with Gasteiger partial charge in [0.15, 0.2) is 5.69 Å². The molecule has 1 aliphatic heterocycles. The van der Waals surface area contributed by atoms with Crippen molar-refractivity contribution in [1.82, 2.24) is 19.7 Å². The number of hydrogen-bond acceptors (Lipinski definition) is 6. The molecule has 0 aliphatic carbocycles. The number of rotatable bonds is 8. The van der Waals surface area contributed by atoms with Crippen LogP contribution in [0.15, 0.2) is 34.9 Å². The van der Waals surface area contributed by atoms with Crippen LogP contribution in [0.1, 0.15) is 42.7 Å². The lowest BCUT2D eigenvalue weighted by atomic mass is 10.2. The van der Waals surface area contributed by atoms with Gasteiger partial charge in [-0.25, -0.2) is 4.98 Å². The molecule has 0 unspecified atom stereocenters. The van der Waals surface area contributed by atoms with Crippen LogP contribution < -0.4 is 4.74 Å². The monoisotopic (exact) mass is 400 g/mol. The van der Waals surface area contributed by atoms with E-state index in [4.69, 9.17) is 9.15 Å². The van der Waals surface area contributed by atoms with Crippen molar-refractivity contribution in [1.29, 1.82) is 0 Å². The Bertz CT molecular complexity index is 780. The molecule has 0 spiro atoms. The highest BCUT2D eigenvalue weighted by Gasteiger charge is 2.24. The zero-order valence-electron chi connectivity index (χ0n) is 17.9. The Balaban J connectivity index is 1.61. The molecule has 0 atom stereocenters. The minimum atomic E-state index is -0.0456. The number of carbonyl (C=O) groups excluding carboxylic acids is 1. The van der Waals surface area contributed by atoms with Crippen molar-refractivity contribution >= 4 is 5.91 Å². The van der Waals surface area contributed by atoms with E-state index in [2.05, 4.69) is 47.8 Å². The van der Waals surface area contributed by atoms with Gasteiger partial charge < -0.3 is 19.0 Å². The van der Waals surface area contributed by atoms with E-state index in [1.54, 1.807) is 0 Å². The third-order valence-electron chi connectivity index (χ3n) is 5.25. The van der Waals surface area contributed by atoms with Crippen LogP contribution in [0.2, 0.25) is 0 Å². The average molecular weight is 401 g/mol. The van der Waals surface area contributed by atoms with E-state index in [0.717, 1.165) is 38.5 Å². The van der Waals surface area contributed by atoms with Crippen LogP contribution in [0, 0.1) is 0 Å². The molecular formula is C22H32N4O3. The van der Waals surface area contributed by atoms with Gasteiger partial charge in [0, 0.05) is 38.8 Å². The Morgan fingerprint density at radius 1 is 1.17 bits per heavy atom. The lowest BCUT2D eigenvalue weighted by Crippen LogP contribution is -2.47. The van der Waals surface area contributed by atoms with Crippen molar-refractivity contribution in [2.24, 2.45) is 0 Å². The second kappa shape index (κ2) is 9.89. The normalized spacial score (nSPS) is 15.3. The molecular weight excluding hydrogens is 368 g/mol. The summed E-state index contributed by atoms with van der Waals surface area (Å²) in [7, 11) is 2.07. The minimum Gasteiger partial charge on any atom is -0.494 e. The molecule has 0 saturated carbocycles. The van der Waals surface area contributed by atoms with Crippen molar-refractivity contribution in [3.63, 3.8) is 0 Å². The number of likely N-dealkylation sites (N-methyl/N-ethyl adjacent to an activating group) is 1. The highest BCUT2D eigenvalue weighted by atomic mass is 16.5. The van der Waals surface area contributed by atoms with E-state index in [1.165, 1.54) is 11.8 Å². The lowest BCUT2D eigenvalue weighted by Gasteiger charge is -2.31. The van der Waals surface area contributed by atoms with Crippen molar-refractivity contribution < 1.29 is 13.9 Å². The molecule has 2 heterocycles. The lowest BCUT2D eigenvalue weighted by molar-refractivity contribution is 0.0658. The highest BCUT2D eigenvalue weighted by Crippen LogP contribution is 2.17. The molecule has 29 heavy (non-hydrogen) atoms. The largest absolute Gasteiger partial charge is 0.494 e. The Labute approximate surface area is 173 Å². The molecule has 7 heteroatoms. The molecule has 158 valence electrons. The molecule has 7 nitrogen and oxygen atoms in total. The predicted molar refractivity (Wildman–Crippen MR) is 112 cm³/mol. The highest BCUT2D eigenvalue weighted by molar-refractivity contribution is 5.92. The van der Waals surface area contributed by atoms with Crippen molar-refractivity contribution in [3.05, 3.63) is 47.7 Å². The SMILES string of the molecule is CCOc1ccc(CN(Cc2nc(C(=O)N3CCN(C)CC3)co2)C(C)C)cc1. The quantitative estimate of drug-likeness (QED) is 0.679.